The van der Waals surface area contributed by atoms with Crippen LogP contribution in [0.3, 0.4) is 0 Å². The van der Waals surface area contributed by atoms with Gasteiger partial charge in [-0.2, -0.15) is 0 Å². The first-order valence-corrected chi connectivity index (χ1v) is 3.27. The monoisotopic (exact) mass is 347 g/mol. The number of hydrogen-bond acceptors (Lipinski definition) is 1. The molecule has 0 atom stereocenters. The predicted octanol–water partition coefficient (Wildman–Crippen LogP) is 0.946. The Morgan fingerprint density at radius 2 is 1.73 bits per heavy atom. The topological polar surface area (TPSA) is 26.0 Å². The minimum Gasteiger partial charge on any atom is -0.330 e. The Labute approximate surface area is 85.9 Å². The van der Waals surface area contributed by atoms with Gasteiger partial charge in [0.15, 0.2) is 0 Å². The summed E-state index contributed by atoms with van der Waals surface area (Å²) in [5.74, 6) is -0.194. The Hall–Kier alpha value is 0.0321. The molecule has 0 aliphatic carbocycles. The van der Waals surface area contributed by atoms with Crippen LogP contribution in [-0.2, 0) is 6.42 Å². The van der Waals surface area contributed by atoms with E-state index in [1.54, 1.807) is 12.1 Å². The van der Waals surface area contributed by atoms with Gasteiger partial charge in [0.1, 0.15) is 5.82 Å². The summed E-state index contributed by atoms with van der Waals surface area (Å²) in [6.07, 6.45) is 0.820. The minimum absolute atomic E-state index is 0. The van der Waals surface area contributed by atoms with Gasteiger partial charge in [-0.3, -0.25) is 0 Å². The number of halogens is 1. The van der Waals surface area contributed by atoms with E-state index >= 15 is 0 Å². The Morgan fingerprint density at radius 3 is 2.18 bits per heavy atom. The van der Waals surface area contributed by atoms with Crippen LogP contribution < -0.4 is 5.73 Å². The third-order valence-electron chi connectivity index (χ3n) is 1.35. The number of benzene rings is 1. The average Bonchev–Trinajstić information content (AvgIpc) is 1.95. The molecule has 58 valence electrons. The van der Waals surface area contributed by atoms with Crippen LogP contribution in [0, 0.1) is 5.82 Å². The summed E-state index contributed by atoms with van der Waals surface area (Å²) in [5, 5.41) is 0. The maximum absolute atomic E-state index is 12.3. The van der Waals surface area contributed by atoms with E-state index in [0.717, 1.165) is 12.0 Å². The molecule has 0 heterocycles. The Morgan fingerprint density at radius 1 is 1.18 bits per heavy atom. The van der Waals surface area contributed by atoms with E-state index < -0.39 is 0 Å². The van der Waals surface area contributed by atoms with Crippen LogP contribution in [0.4, 0.5) is 4.39 Å². The van der Waals surface area contributed by atoms with Gasteiger partial charge >= 0.3 is 0 Å². The van der Waals surface area contributed by atoms with Gasteiger partial charge in [0, 0.05) is 27.3 Å². The maximum atomic E-state index is 12.3. The molecule has 0 aliphatic rings. The Balaban J connectivity index is 0.000001000. The van der Waals surface area contributed by atoms with Gasteiger partial charge in [-0.1, -0.05) is 12.1 Å². The molecule has 1 rings (SSSR count). The summed E-state index contributed by atoms with van der Waals surface area (Å²) >= 11 is 0. The van der Waals surface area contributed by atoms with Crippen molar-refractivity contribution in [2.45, 2.75) is 6.42 Å². The number of rotatable bonds is 2. The van der Waals surface area contributed by atoms with E-state index in [-0.39, 0.29) is 33.1 Å². The van der Waals surface area contributed by atoms with Crippen molar-refractivity contribution >= 4 is 27.3 Å². The fraction of sp³-hybridized carbons (Fsp3) is 0.250. The van der Waals surface area contributed by atoms with Gasteiger partial charge in [0.2, 0.25) is 0 Å². The zero-order valence-electron chi connectivity index (χ0n) is 6.18. The zero-order chi connectivity index (χ0) is 7.40. The van der Waals surface area contributed by atoms with Crippen LogP contribution in [0.1, 0.15) is 5.56 Å². The molecule has 0 spiro atoms. The van der Waals surface area contributed by atoms with Gasteiger partial charge in [0.25, 0.3) is 0 Å². The standard InChI is InChI=1S/C8H10FN.Pb/c9-8-3-1-7(2-4-8)5-6-10;/h1-4H,5-6,10H2;. The largest absolute Gasteiger partial charge is 0.330 e. The quantitative estimate of drug-likeness (QED) is 0.793. The van der Waals surface area contributed by atoms with Gasteiger partial charge in [-0.25, -0.2) is 4.39 Å². The van der Waals surface area contributed by atoms with Crippen LogP contribution in [0.15, 0.2) is 24.3 Å². The van der Waals surface area contributed by atoms with Crippen molar-refractivity contribution < 1.29 is 4.39 Å². The molecule has 4 radical (unpaired) electrons. The third kappa shape index (κ3) is 3.81. The first-order chi connectivity index (χ1) is 4.83. The van der Waals surface area contributed by atoms with Crippen molar-refractivity contribution in [3.63, 3.8) is 0 Å². The van der Waals surface area contributed by atoms with Crippen LogP contribution in [-0.4, -0.2) is 33.8 Å². The van der Waals surface area contributed by atoms with Gasteiger partial charge < -0.3 is 5.73 Å². The molecule has 1 aromatic rings. The molecule has 0 unspecified atom stereocenters. The zero-order valence-corrected chi connectivity index (χ0v) is 10.1. The van der Waals surface area contributed by atoms with E-state index in [1.807, 2.05) is 0 Å². The molecule has 0 saturated carbocycles. The van der Waals surface area contributed by atoms with Crippen LogP contribution in [0.25, 0.3) is 0 Å². The molecular formula is C8H10FNPb. The summed E-state index contributed by atoms with van der Waals surface area (Å²) in [4.78, 5) is 0. The van der Waals surface area contributed by atoms with E-state index in [0.29, 0.717) is 6.54 Å². The van der Waals surface area contributed by atoms with Crippen molar-refractivity contribution in [2.75, 3.05) is 6.54 Å². The summed E-state index contributed by atoms with van der Waals surface area (Å²) in [7, 11) is 0. The van der Waals surface area contributed by atoms with Crippen molar-refractivity contribution in [2.24, 2.45) is 5.73 Å². The van der Waals surface area contributed by atoms with E-state index in [2.05, 4.69) is 0 Å². The predicted molar refractivity (Wildman–Crippen MR) is 44.9 cm³/mol. The van der Waals surface area contributed by atoms with Crippen molar-refractivity contribution in [3.05, 3.63) is 35.6 Å². The van der Waals surface area contributed by atoms with E-state index in [1.165, 1.54) is 12.1 Å². The molecule has 0 fully saturated rings. The Bertz CT molecular complexity index is 198. The van der Waals surface area contributed by atoms with E-state index in [4.69, 9.17) is 5.73 Å². The normalized spacial score (nSPS) is 8.91. The second-order valence-corrected chi connectivity index (χ2v) is 2.17. The van der Waals surface area contributed by atoms with Crippen LogP contribution in [0.2, 0.25) is 0 Å². The summed E-state index contributed by atoms with van der Waals surface area (Å²) < 4.78 is 12.3. The van der Waals surface area contributed by atoms with Crippen LogP contribution >= 0.6 is 0 Å². The number of nitrogens with two attached hydrogens (primary N) is 1. The molecule has 2 N–H and O–H groups in total. The molecule has 1 aromatic carbocycles. The molecule has 0 saturated heterocycles. The maximum Gasteiger partial charge on any atom is 0.123 e. The van der Waals surface area contributed by atoms with Crippen molar-refractivity contribution in [1.29, 1.82) is 0 Å². The van der Waals surface area contributed by atoms with Crippen molar-refractivity contribution in [3.8, 4) is 0 Å². The number of hydrogen-bond donors (Lipinski definition) is 1. The van der Waals surface area contributed by atoms with Crippen molar-refractivity contribution in [1.82, 2.24) is 0 Å². The minimum atomic E-state index is -0.194. The Kier molecular flexibility index (Phi) is 5.67. The van der Waals surface area contributed by atoms with E-state index in [9.17, 15) is 4.39 Å². The average molecular weight is 346 g/mol. The fourth-order valence-corrected chi connectivity index (χ4v) is 0.818. The fourth-order valence-electron chi connectivity index (χ4n) is 0.818. The molecular weight excluding hydrogens is 336 g/mol. The molecule has 3 heteroatoms. The SMILES string of the molecule is NCCc1ccc(F)cc1.[Pb]. The second-order valence-electron chi connectivity index (χ2n) is 2.17. The van der Waals surface area contributed by atoms with Crippen LogP contribution in [0.5, 0.6) is 0 Å². The molecule has 0 aliphatic heterocycles. The van der Waals surface area contributed by atoms with Gasteiger partial charge in [-0.05, 0) is 30.7 Å². The summed E-state index contributed by atoms with van der Waals surface area (Å²) in [6, 6.07) is 6.40. The molecule has 1 nitrogen and oxygen atoms in total. The first-order valence-electron chi connectivity index (χ1n) is 3.27. The molecule has 0 aromatic heterocycles. The summed E-state index contributed by atoms with van der Waals surface area (Å²) in [6.45, 7) is 0.617. The second kappa shape index (κ2) is 5.65. The smallest absolute Gasteiger partial charge is 0.123 e. The summed E-state index contributed by atoms with van der Waals surface area (Å²) in [5.41, 5.74) is 6.39. The first kappa shape index (κ1) is 11.0. The van der Waals surface area contributed by atoms with Gasteiger partial charge in [0.05, 0.1) is 0 Å². The van der Waals surface area contributed by atoms with Gasteiger partial charge in [-0.15, -0.1) is 0 Å². The third-order valence-corrected chi connectivity index (χ3v) is 1.35. The molecule has 0 amide bonds. The molecule has 0 bridgehead atoms. The molecule has 11 heavy (non-hydrogen) atoms.